The fraction of sp³-hybridized carbons (Fsp3) is 0.368. The number of hydrogen-bond acceptors (Lipinski definition) is 3. The highest BCUT2D eigenvalue weighted by atomic mass is 19.1. The third-order valence-electron chi connectivity index (χ3n) is 3.82. The lowest BCUT2D eigenvalue weighted by molar-refractivity contribution is -0.116. The predicted molar refractivity (Wildman–Crippen MR) is 95.9 cm³/mol. The molecule has 0 radical (unpaired) electrons. The molecule has 0 saturated carbocycles. The molecule has 0 fully saturated rings. The van der Waals surface area contributed by atoms with Gasteiger partial charge in [0, 0.05) is 24.9 Å². The minimum absolute atomic E-state index is 0.180. The van der Waals surface area contributed by atoms with E-state index < -0.39 is 5.82 Å². The van der Waals surface area contributed by atoms with E-state index in [4.69, 9.17) is 4.74 Å². The molecule has 2 rings (SSSR count). The smallest absolute Gasteiger partial charge is 0.244 e. The second kappa shape index (κ2) is 8.46. The monoisotopic (exact) mass is 345 g/mol. The van der Waals surface area contributed by atoms with Crippen LogP contribution in [0.5, 0.6) is 5.75 Å². The minimum Gasteiger partial charge on any atom is -0.494 e. The van der Waals surface area contributed by atoms with Crippen LogP contribution in [-0.2, 0) is 11.3 Å². The molecular formula is C19H24FN3O2. The van der Waals surface area contributed by atoms with Crippen LogP contribution < -0.4 is 10.1 Å². The van der Waals surface area contributed by atoms with Crippen LogP contribution in [0.1, 0.15) is 23.9 Å². The number of benzene rings is 1. The quantitative estimate of drug-likeness (QED) is 0.785. The summed E-state index contributed by atoms with van der Waals surface area (Å²) in [5, 5.41) is 7.27. The fourth-order valence-corrected chi connectivity index (χ4v) is 2.51. The van der Waals surface area contributed by atoms with Crippen LogP contribution >= 0.6 is 0 Å². The van der Waals surface area contributed by atoms with Crippen molar-refractivity contribution in [3.05, 3.63) is 53.1 Å². The third-order valence-corrected chi connectivity index (χ3v) is 3.82. The zero-order chi connectivity index (χ0) is 18.4. The number of hydrogen-bond donors (Lipinski definition) is 1. The van der Waals surface area contributed by atoms with E-state index >= 15 is 0 Å². The molecule has 1 atom stereocenters. The molecule has 1 N–H and O–H groups in total. The number of carbonyl (C=O) groups is 1. The standard InChI is InChI=1S/C19H24FN3O2/c1-13(12-23-15(3)9-14(2)22-23)11-21-19(24)8-6-16-5-7-18(25-4)17(20)10-16/h5-10,13H,11-12H2,1-4H3,(H,21,24)/b8-6+. The minimum atomic E-state index is -0.455. The Kier molecular flexibility index (Phi) is 6.33. The van der Waals surface area contributed by atoms with Crippen LogP contribution in [0.4, 0.5) is 4.39 Å². The summed E-state index contributed by atoms with van der Waals surface area (Å²) in [5.41, 5.74) is 2.70. The van der Waals surface area contributed by atoms with E-state index in [1.54, 1.807) is 12.1 Å². The summed E-state index contributed by atoms with van der Waals surface area (Å²) in [7, 11) is 1.41. The van der Waals surface area contributed by atoms with E-state index in [2.05, 4.69) is 17.3 Å². The Hall–Kier alpha value is -2.63. The van der Waals surface area contributed by atoms with Crippen LogP contribution in [0.2, 0.25) is 0 Å². The molecule has 0 bridgehead atoms. The summed E-state index contributed by atoms with van der Waals surface area (Å²) >= 11 is 0. The van der Waals surface area contributed by atoms with Crippen LogP contribution in [0.25, 0.3) is 6.08 Å². The number of nitrogens with one attached hydrogen (secondary N) is 1. The maximum Gasteiger partial charge on any atom is 0.244 e. The molecule has 0 aliphatic carbocycles. The average molecular weight is 345 g/mol. The molecule has 1 aromatic heterocycles. The molecule has 0 saturated heterocycles. The number of rotatable bonds is 7. The van der Waals surface area contributed by atoms with Gasteiger partial charge in [-0.05, 0) is 49.6 Å². The van der Waals surface area contributed by atoms with E-state index in [1.165, 1.54) is 25.3 Å². The lowest BCUT2D eigenvalue weighted by atomic mass is 10.1. The number of carbonyl (C=O) groups excluding carboxylic acids is 1. The van der Waals surface area contributed by atoms with Gasteiger partial charge < -0.3 is 10.1 Å². The van der Waals surface area contributed by atoms with Crippen LogP contribution in [0.15, 0.2) is 30.3 Å². The van der Waals surface area contributed by atoms with Crippen LogP contribution in [0, 0.1) is 25.6 Å². The Labute approximate surface area is 147 Å². The molecule has 0 aliphatic heterocycles. The molecule has 6 heteroatoms. The Bertz CT molecular complexity index is 768. The second-order valence-electron chi connectivity index (χ2n) is 6.19. The first-order valence-corrected chi connectivity index (χ1v) is 8.19. The van der Waals surface area contributed by atoms with Gasteiger partial charge in [0.1, 0.15) is 0 Å². The Morgan fingerprint density at radius 3 is 2.76 bits per heavy atom. The van der Waals surface area contributed by atoms with Gasteiger partial charge in [0.2, 0.25) is 5.91 Å². The van der Waals surface area contributed by atoms with Crippen molar-refractivity contribution in [3.63, 3.8) is 0 Å². The fourth-order valence-electron chi connectivity index (χ4n) is 2.51. The largest absolute Gasteiger partial charge is 0.494 e. The van der Waals surface area contributed by atoms with Crippen molar-refractivity contribution in [2.75, 3.05) is 13.7 Å². The zero-order valence-electron chi connectivity index (χ0n) is 15.0. The average Bonchev–Trinajstić information content (AvgIpc) is 2.88. The normalized spacial score (nSPS) is 12.4. The van der Waals surface area contributed by atoms with Gasteiger partial charge in [-0.15, -0.1) is 0 Å². The molecule has 1 amide bonds. The first kappa shape index (κ1) is 18.7. The van der Waals surface area contributed by atoms with Gasteiger partial charge in [-0.1, -0.05) is 13.0 Å². The number of aryl methyl sites for hydroxylation is 2. The van der Waals surface area contributed by atoms with Gasteiger partial charge >= 0.3 is 0 Å². The van der Waals surface area contributed by atoms with Crippen molar-refractivity contribution in [3.8, 4) is 5.75 Å². The molecule has 1 aromatic carbocycles. The Balaban J connectivity index is 1.83. The highest BCUT2D eigenvalue weighted by Gasteiger charge is 2.08. The molecule has 1 heterocycles. The van der Waals surface area contributed by atoms with Crippen molar-refractivity contribution >= 4 is 12.0 Å². The lowest BCUT2D eigenvalue weighted by Gasteiger charge is -2.13. The number of methoxy groups -OCH3 is 1. The molecular weight excluding hydrogens is 321 g/mol. The number of nitrogens with zero attached hydrogens (tertiary/aromatic N) is 2. The second-order valence-corrected chi connectivity index (χ2v) is 6.19. The molecule has 0 aliphatic rings. The predicted octanol–water partition coefficient (Wildman–Crippen LogP) is 3.11. The molecule has 0 spiro atoms. The molecule has 1 unspecified atom stereocenters. The number of aromatic nitrogens is 2. The van der Waals surface area contributed by atoms with E-state index in [9.17, 15) is 9.18 Å². The highest BCUT2D eigenvalue weighted by Crippen LogP contribution is 2.18. The van der Waals surface area contributed by atoms with Crippen molar-refractivity contribution in [2.45, 2.75) is 27.3 Å². The van der Waals surface area contributed by atoms with Gasteiger partial charge in [-0.25, -0.2) is 4.39 Å². The van der Waals surface area contributed by atoms with Gasteiger partial charge in [-0.3, -0.25) is 9.48 Å². The Morgan fingerprint density at radius 2 is 2.16 bits per heavy atom. The summed E-state index contributed by atoms with van der Waals surface area (Å²) in [6.45, 7) is 7.32. The van der Waals surface area contributed by atoms with E-state index in [0.717, 1.165) is 17.9 Å². The lowest BCUT2D eigenvalue weighted by Crippen LogP contribution is -2.29. The van der Waals surface area contributed by atoms with Crippen molar-refractivity contribution in [1.82, 2.24) is 15.1 Å². The van der Waals surface area contributed by atoms with Crippen molar-refractivity contribution in [1.29, 1.82) is 0 Å². The van der Waals surface area contributed by atoms with Crippen LogP contribution in [-0.4, -0.2) is 29.3 Å². The summed E-state index contributed by atoms with van der Waals surface area (Å²) in [5.74, 6) is -0.242. The van der Waals surface area contributed by atoms with Gasteiger partial charge in [-0.2, -0.15) is 5.10 Å². The number of halogens is 1. The van der Waals surface area contributed by atoms with Crippen molar-refractivity contribution in [2.24, 2.45) is 5.92 Å². The maximum absolute atomic E-state index is 13.6. The zero-order valence-corrected chi connectivity index (χ0v) is 15.0. The van der Waals surface area contributed by atoms with Gasteiger partial charge in [0.25, 0.3) is 0 Å². The van der Waals surface area contributed by atoms with Gasteiger partial charge in [0.05, 0.1) is 12.8 Å². The summed E-state index contributed by atoms with van der Waals surface area (Å²) in [6, 6.07) is 6.58. The van der Waals surface area contributed by atoms with E-state index in [1.807, 2.05) is 24.6 Å². The van der Waals surface area contributed by atoms with Gasteiger partial charge in [0.15, 0.2) is 11.6 Å². The first-order chi connectivity index (χ1) is 11.9. The highest BCUT2D eigenvalue weighted by molar-refractivity contribution is 5.91. The van der Waals surface area contributed by atoms with E-state index in [0.29, 0.717) is 12.1 Å². The number of amides is 1. The third kappa shape index (κ3) is 5.45. The Morgan fingerprint density at radius 1 is 1.40 bits per heavy atom. The van der Waals surface area contributed by atoms with Crippen molar-refractivity contribution < 1.29 is 13.9 Å². The molecule has 25 heavy (non-hydrogen) atoms. The maximum atomic E-state index is 13.6. The van der Waals surface area contributed by atoms with E-state index in [-0.39, 0.29) is 17.6 Å². The van der Waals surface area contributed by atoms with Crippen LogP contribution in [0.3, 0.4) is 0 Å². The summed E-state index contributed by atoms with van der Waals surface area (Å²) in [6.07, 6.45) is 2.97. The molecule has 5 nitrogen and oxygen atoms in total. The SMILES string of the molecule is COc1ccc(/C=C/C(=O)NCC(C)Cn2nc(C)cc2C)cc1F. The topological polar surface area (TPSA) is 56.1 Å². The number of ether oxygens (including phenoxy) is 1. The first-order valence-electron chi connectivity index (χ1n) is 8.19. The summed E-state index contributed by atoms with van der Waals surface area (Å²) < 4.78 is 20.4. The summed E-state index contributed by atoms with van der Waals surface area (Å²) in [4.78, 5) is 11.9. The molecule has 2 aromatic rings. The molecule has 134 valence electrons.